The monoisotopic (exact) mass is 277 g/mol. The largest absolute Gasteiger partial charge is 0.444 e. The van der Waals surface area contributed by atoms with Gasteiger partial charge in [0.15, 0.2) is 0 Å². The maximum Gasteiger partial charge on any atom is 0.410 e. The number of carbonyl (C=O) groups is 1. The fraction of sp³-hybridized carbons (Fsp3) is 0.909. The fourth-order valence-corrected chi connectivity index (χ4v) is 2.09. The number of nitrogens with zero attached hydrogens (tertiary/aromatic N) is 1. The quantitative estimate of drug-likeness (QED) is 0.637. The molecule has 1 heterocycles. The molecular weight excluding hydrogens is 258 g/mol. The summed E-state index contributed by atoms with van der Waals surface area (Å²) in [4.78, 5) is 14.1. The van der Waals surface area contributed by atoms with Crippen LogP contribution in [0.1, 0.15) is 40.0 Å². The maximum absolute atomic E-state index is 11.8. The second-order valence-corrected chi connectivity index (χ2v) is 6.29. The van der Waals surface area contributed by atoms with Crippen molar-refractivity contribution in [2.24, 2.45) is 0 Å². The number of alkyl halides is 1. The highest BCUT2D eigenvalue weighted by atomic mass is 79.9. The minimum Gasteiger partial charge on any atom is -0.444 e. The molecule has 1 saturated heterocycles. The average molecular weight is 278 g/mol. The first kappa shape index (κ1) is 12.8. The summed E-state index contributed by atoms with van der Waals surface area (Å²) >= 11 is 3.60. The average Bonchev–Trinajstić information content (AvgIpc) is 2.26. The summed E-state index contributed by atoms with van der Waals surface area (Å²) in [6.45, 7) is 7.31. The highest BCUT2D eigenvalue weighted by Gasteiger charge is 2.24. The van der Waals surface area contributed by atoms with E-state index in [9.17, 15) is 4.79 Å². The number of ether oxygens (including phenoxy) is 1. The van der Waals surface area contributed by atoms with Crippen molar-refractivity contribution in [2.75, 3.05) is 13.1 Å². The first-order chi connectivity index (χ1) is 6.88. The van der Waals surface area contributed by atoms with Crippen molar-refractivity contribution < 1.29 is 9.53 Å². The maximum atomic E-state index is 11.8. The van der Waals surface area contributed by atoms with E-state index in [-0.39, 0.29) is 6.09 Å². The Morgan fingerprint density at radius 3 is 2.60 bits per heavy atom. The zero-order valence-corrected chi connectivity index (χ0v) is 11.3. The van der Waals surface area contributed by atoms with Gasteiger partial charge < -0.3 is 9.64 Å². The van der Waals surface area contributed by atoms with Crippen molar-refractivity contribution >= 4 is 22.0 Å². The van der Waals surface area contributed by atoms with E-state index >= 15 is 0 Å². The highest BCUT2D eigenvalue weighted by Crippen LogP contribution is 2.19. The van der Waals surface area contributed by atoms with Crippen LogP contribution in [0.25, 0.3) is 0 Å². The second kappa shape index (κ2) is 5.19. The van der Waals surface area contributed by atoms with Crippen LogP contribution in [-0.2, 0) is 4.74 Å². The summed E-state index contributed by atoms with van der Waals surface area (Å²) in [5, 5.41) is 0. The predicted molar refractivity (Wildman–Crippen MR) is 64.4 cm³/mol. The zero-order chi connectivity index (χ0) is 11.5. The van der Waals surface area contributed by atoms with Gasteiger partial charge in [0.05, 0.1) is 0 Å². The van der Waals surface area contributed by atoms with Crippen molar-refractivity contribution in [1.82, 2.24) is 4.90 Å². The SMILES string of the molecule is CC(C)(C)OC(=O)N1CCCC(Br)CC1. The van der Waals surface area contributed by atoms with Gasteiger partial charge in [-0.1, -0.05) is 15.9 Å². The van der Waals surface area contributed by atoms with Crippen LogP contribution in [0.5, 0.6) is 0 Å². The summed E-state index contributed by atoms with van der Waals surface area (Å²) in [5.41, 5.74) is -0.392. The molecule has 88 valence electrons. The van der Waals surface area contributed by atoms with Gasteiger partial charge in [-0.05, 0) is 40.0 Å². The molecule has 4 heteroatoms. The summed E-state index contributed by atoms with van der Waals surface area (Å²) in [6.07, 6.45) is 3.03. The third kappa shape index (κ3) is 4.87. The van der Waals surface area contributed by atoms with Crippen LogP contribution < -0.4 is 0 Å². The molecule has 0 bridgehead atoms. The normalized spacial score (nSPS) is 23.5. The molecule has 0 aliphatic carbocycles. The Kier molecular flexibility index (Phi) is 4.44. The van der Waals surface area contributed by atoms with E-state index in [1.807, 2.05) is 25.7 Å². The van der Waals surface area contributed by atoms with Gasteiger partial charge in [-0.2, -0.15) is 0 Å². The molecule has 1 aliphatic heterocycles. The minimum atomic E-state index is -0.392. The summed E-state index contributed by atoms with van der Waals surface area (Å²) in [6, 6.07) is 0. The van der Waals surface area contributed by atoms with E-state index in [4.69, 9.17) is 4.74 Å². The standard InChI is InChI=1S/C11H20BrNO2/c1-11(2,3)15-10(14)13-7-4-5-9(12)6-8-13/h9H,4-8H2,1-3H3. The third-order valence-corrected chi connectivity index (χ3v) is 3.23. The lowest BCUT2D eigenvalue weighted by Gasteiger charge is -2.26. The molecule has 1 atom stereocenters. The van der Waals surface area contributed by atoms with Crippen LogP contribution in [0.3, 0.4) is 0 Å². The molecule has 1 rings (SSSR count). The molecule has 1 aliphatic rings. The Morgan fingerprint density at radius 2 is 2.00 bits per heavy atom. The first-order valence-electron chi connectivity index (χ1n) is 5.50. The molecular formula is C11H20BrNO2. The number of hydrogen-bond donors (Lipinski definition) is 0. The second-order valence-electron chi connectivity index (χ2n) is 5.00. The number of amides is 1. The van der Waals surface area contributed by atoms with Gasteiger partial charge in [-0.25, -0.2) is 4.79 Å². The lowest BCUT2D eigenvalue weighted by Crippen LogP contribution is -2.37. The molecule has 0 aromatic rings. The summed E-state index contributed by atoms with van der Waals surface area (Å²) < 4.78 is 5.34. The molecule has 0 radical (unpaired) electrons. The van der Waals surface area contributed by atoms with Gasteiger partial charge in [0.25, 0.3) is 0 Å². The van der Waals surface area contributed by atoms with Crippen molar-refractivity contribution in [3.63, 3.8) is 0 Å². The van der Waals surface area contributed by atoms with Gasteiger partial charge in [0.1, 0.15) is 5.60 Å². The van der Waals surface area contributed by atoms with Crippen molar-refractivity contribution in [2.45, 2.75) is 50.5 Å². The smallest absolute Gasteiger partial charge is 0.410 e. The number of carbonyl (C=O) groups excluding carboxylic acids is 1. The van der Waals surface area contributed by atoms with Gasteiger partial charge in [-0.3, -0.25) is 0 Å². The van der Waals surface area contributed by atoms with Gasteiger partial charge in [-0.15, -0.1) is 0 Å². The van der Waals surface area contributed by atoms with Crippen LogP contribution in [0, 0.1) is 0 Å². The van der Waals surface area contributed by atoms with E-state index in [0.717, 1.165) is 32.4 Å². The molecule has 1 amide bonds. The van der Waals surface area contributed by atoms with Crippen LogP contribution in [-0.4, -0.2) is 34.5 Å². The summed E-state index contributed by atoms with van der Waals surface area (Å²) in [7, 11) is 0. The lowest BCUT2D eigenvalue weighted by molar-refractivity contribution is 0.0257. The molecule has 0 saturated carbocycles. The number of halogens is 1. The van der Waals surface area contributed by atoms with Crippen LogP contribution in [0.15, 0.2) is 0 Å². The lowest BCUT2D eigenvalue weighted by atomic mass is 10.2. The van der Waals surface area contributed by atoms with E-state index in [1.165, 1.54) is 0 Å². The van der Waals surface area contributed by atoms with Crippen molar-refractivity contribution in [1.29, 1.82) is 0 Å². The van der Waals surface area contributed by atoms with E-state index in [1.54, 1.807) is 0 Å². The Labute approximate surface area is 100 Å². The Balaban J connectivity index is 2.45. The van der Waals surface area contributed by atoms with Crippen molar-refractivity contribution in [3.8, 4) is 0 Å². The molecule has 0 aromatic carbocycles. The topological polar surface area (TPSA) is 29.5 Å². The number of likely N-dealkylation sites (tertiary alicyclic amines) is 1. The molecule has 3 nitrogen and oxygen atoms in total. The Bertz CT molecular complexity index is 225. The highest BCUT2D eigenvalue weighted by molar-refractivity contribution is 9.09. The fourth-order valence-electron chi connectivity index (χ4n) is 1.56. The van der Waals surface area contributed by atoms with Crippen LogP contribution >= 0.6 is 15.9 Å². The molecule has 0 spiro atoms. The van der Waals surface area contributed by atoms with Crippen molar-refractivity contribution in [3.05, 3.63) is 0 Å². The van der Waals surface area contributed by atoms with E-state index in [2.05, 4.69) is 15.9 Å². The van der Waals surface area contributed by atoms with Crippen LogP contribution in [0.2, 0.25) is 0 Å². The Hall–Kier alpha value is -0.250. The molecule has 1 unspecified atom stereocenters. The van der Waals surface area contributed by atoms with Gasteiger partial charge in [0.2, 0.25) is 0 Å². The first-order valence-corrected chi connectivity index (χ1v) is 6.42. The number of hydrogen-bond acceptors (Lipinski definition) is 2. The molecule has 0 N–H and O–H groups in total. The molecule has 15 heavy (non-hydrogen) atoms. The zero-order valence-electron chi connectivity index (χ0n) is 9.75. The molecule has 1 fully saturated rings. The van der Waals surface area contributed by atoms with Gasteiger partial charge in [0, 0.05) is 17.9 Å². The number of rotatable bonds is 0. The van der Waals surface area contributed by atoms with E-state index < -0.39 is 5.60 Å². The van der Waals surface area contributed by atoms with Crippen LogP contribution in [0.4, 0.5) is 4.79 Å². The van der Waals surface area contributed by atoms with E-state index in [0.29, 0.717) is 4.83 Å². The minimum absolute atomic E-state index is 0.177. The summed E-state index contributed by atoms with van der Waals surface area (Å²) in [5.74, 6) is 0. The Morgan fingerprint density at radius 1 is 1.33 bits per heavy atom. The third-order valence-electron chi connectivity index (χ3n) is 2.31. The molecule has 0 aromatic heterocycles. The predicted octanol–water partition coefficient (Wildman–Crippen LogP) is 3.17. The van der Waals surface area contributed by atoms with Gasteiger partial charge >= 0.3 is 6.09 Å².